The molecule has 0 radical (unpaired) electrons. The van der Waals surface area contributed by atoms with Crippen LogP contribution in [-0.2, 0) is 16.8 Å². The van der Waals surface area contributed by atoms with Gasteiger partial charge in [0.15, 0.2) is 5.78 Å². The highest BCUT2D eigenvalue weighted by Gasteiger charge is 2.37. The molecule has 1 aromatic carbocycles. The van der Waals surface area contributed by atoms with E-state index in [1.54, 1.807) is 4.90 Å². The second kappa shape index (κ2) is 9.15. The van der Waals surface area contributed by atoms with E-state index >= 15 is 0 Å². The smallest absolute Gasteiger partial charge is 0.310 e. The Kier molecular flexibility index (Phi) is 6.24. The van der Waals surface area contributed by atoms with Gasteiger partial charge in [-0.25, -0.2) is 4.98 Å². The number of hydrogen-bond acceptors (Lipinski definition) is 6. The van der Waals surface area contributed by atoms with Crippen LogP contribution < -0.4 is 9.64 Å². The Morgan fingerprint density at radius 3 is 2.59 bits per heavy atom. The number of nitrogens with zero attached hydrogens (tertiary/aromatic N) is 3. The third kappa shape index (κ3) is 4.69. The zero-order chi connectivity index (χ0) is 26.6. The van der Waals surface area contributed by atoms with Crippen LogP contribution in [0, 0.1) is 11.3 Å². The summed E-state index contributed by atoms with van der Waals surface area (Å²) in [6.07, 6.45) is 2.32. The van der Waals surface area contributed by atoms with Crippen molar-refractivity contribution in [3.63, 3.8) is 0 Å². The molecule has 8 nitrogen and oxygen atoms in total. The van der Waals surface area contributed by atoms with Gasteiger partial charge in [0.05, 0.1) is 24.7 Å². The maximum absolute atomic E-state index is 13.6. The largest absolute Gasteiger partial charge is 0.485 e. The van der Waals surface area contributed by atoms with Crippen LogP contribution in [0.5, 0.6) is 5.75 Å². The Bertz CT molecular complexity index is 1280. The fraction of sp³-hybridized carbons (Fsp3) is 0.517. The van der Waals surface area contributed by atoms with Gasteiger partial charge in [0.25, 0.3) is 0 Å². The number of ether oxygens (including phenoxy) is 1. The number of carboxylic acid groups (broad SMARTS) is 1. The van der Waals surface area contributed by atoms with Gasteiger partial charge >= 0.3 is 5.97 Å². The maximum Gasteiger partial charge on any atom is 0.310 e. The van der Waals surface area contributed by atoms with Crippen LogP contribution in [0.4, 0.5) is 5.69 Å². The molecule has 2 atom stereocenters. The van der Waals surface area contributed by atoms with Gasteiger partial charge in [-0.1, -0.05) is 33.8 Å². The molecule has 2 aliphatic heterocycles. The van der Waals surface area contributed by atoms with Crippen molar-refractivity contribution in [1.29, 1.82) is 5.41 Å². The predicted octanol–water partition coefficient (Wildman–Crippen LogP) is 4.59. The van der Waals surface area contributed by atoms with E-state index in [0.717, 1.165) is 35.3 Å². The Balaban J connectivity index is 1.42. The van der Waals surface area contributed by atoms with E-state index in [0.29, 0.717) is 48.3 Å². The number of amidine groups is 1. The fourth-order valence-electron chi connectivity index (χ4n) is 5.38. The SMILES string of the molecule is CCC(C(=O)O)C1CN(C)c2cc(C(=O)CN3Cc4ccc(C5CC5)nc4C3=N)cc(C(C)(C)C)c2O1. The number of pyridine rings is 1. The lowest BCUT2D eigenvalue weighted by molar-refractivity contribution is -0.145. The zero-order valence-corrected chi connectivity index (χ0v) is 22.3. The second-order valence-electron chi connectivity index (χ2n) is 11.7. The molecule has 1 saturated carbocycles. The van der Waals surface area contributed by atoms with Gasteiger partial charge in [0.2, 0.25) is 0 Å². The van der Waals surface area contributed by atoms with Crippen LogP contribution in [0.2, 0.25) is 0 Å². The number of carbonyl (C=O) groups is 2. The van der Waals surface area contributed by atoms with Gasteiger partial charge in [-0.3, -0.25) is 15.0 Å². The predicted molar refractivity (Wildman–Crippen MR) is 142 cm³/mol. The average Bonchev–Trinajstić information content (AvgIpc) is 3.63. The van der Waals surface area contributed by atoms with Crippen molar-refractivity contribution in [1.82, 2.24) is 9.88 Å². The van der Waals surface area contributed by atoms with Crippen molar-refractivity contribution < 1.29 is 19.4 Å². The third-order valence-electron chi connectivity index (χ3n) is 7.77. The van der Waals surface area contributed by atoms with E-state index in [2.05, 4.69) is 32.9 Å². The fourth-order valence-corrected chi connectivity index (χ4v) is 5.38. The van der Waals surface area contributed by atoms with E-state index in [4.69, 9.17) is 15.1 Å². The summed E-state index contributed by atoms with van der Waals surface area (Å²) < 4.78 is 6.35. The molecule has 0 spiro atoms. The molecular weight excluding hydrogens is 468 g/mol. The standard InChI is InChI=1S/C29H36N4O4/c1-6-19(28(35)36)24-15-32(5)22-12-18(11-20(26(22)37-24)29(2,3)4)23(34)14-33-13-17-9-10-21(16-7-8-16)31-25(17)27(33)30/h9-12,16,19,24,30H,6-8,13-15H2,1-5H3,(H,35,36). The first-order valence-corrected chi connectivity index (χ1v) is 13.1. The topological polar surface area (TPSA) is 107 Å². The van der Waals surface area contributed by atoms with Gasteiger partial charge in [-0.05, 0) is 42.9 Å². The summed E-state index contributed by atoms with van der Waals surface area (Å²) in [5.74, 6) is -0.0614. The summed E-state index contributed by atoms with van der Waals surface area (Å²) in [4.78, 5) is 33.9. The first-order chi connectivity index (χ1) is 17.5. The highest BCUT2D eigenvalue weighted by atomic mass is 16.5. The Hall–Kier alpha value is -3.42. The monoisotopic (exact) mass is 504 g/mol. The highest BCUT2D eigenvalue weighted by molar-refractivity contribution is 6.05. The number of Topliss-reactive ketones (excluding diaryl/α,β-unsaturated/α-hetero) is 1. The number of carbonyl (C=O) groups excluding carboxylic acids is 1. The number of ketones is 1. The molecule has 1 fully saturated rings. The molecule has 1 aliphatic carbocycles. The Morgan fingerprint density at radius 1 is 1.24 bits per heavy atom. The molecule has 0 saturated heterocycles. The lowest BCUT2D eigenvalue weighted by Gasteiger charge is -2.39. The van der Waals surface area contributed by atoms with Crippen LogP contribution in [0.25, 0.3) is 0 Å². The third-order valence-corrected chi connectivity index (χ3v) is 7.77. The van der Waals surface area contributed by atoms with Crippen molar-refractivity contribution in [3.05, 3.63) is 52.3 Å². The van der Waals surface area contributed by atoms with Crippen LogP contribution in [-0.4, -0.2) is 58.8 Å². The number of hydrogen-bond donors (Lipinski definition) is 2. The molecule has 37 heavy (non-hydrogen) atoms. The van der Waals surface area contributed by atoms with Crippen molar-refractivity contribution >= 4 is 23.3 Å². The van der Waals surface area contributed by atoms with Crippen LogP contribution in [0.3, 0.4) is 0 Å². The molecule has 2 aromatic rings. The molecule has 5 rings (SSSR count). The highest BCUT2D eigenvalue weighted by Crippen LogP contribution is 2.44. The molecule has 0 bridgehead atoms. The number of fused-ring (bicyclic) bond motifs is 2. The lowest BCUT2D eigenvalue weighted by Crippen LogP contribution is -2.45. The number of rotatable bonds is 7. The molecule has 3 heterocycles. The number of aromatic nitrogens is 1. The van der Waals surface area contributed by atoms with E-state index in [9.17, 15) is 14.7 Å². The minimum Gasteiger partial charge on any atom is -0.485 e. The quantitative estimate of drug-likeness (QED) is 0.531. The number of carboxylic acids is 1. The first kappa shape index (κ1) is 25.2. The maximum atomic E-state index is 13.6. The molecule has 2 unspecified atom stereocenters. The van der Waals surface area contributed by atoms with Crippen molar-refractivity contribution in [3.8, 4) is 5.75 Å². The van der Waals surface area contributed by atoms with E-state index < -0.39 is 18.0 Å². The molecule has 1 aromatic heterocycles. The molecular formula is C29H36N4O4. The van der Waals surface area contributed by atoms with Gasteiger partial charge in [0.1, 0.15) is 23.4 Å². The van der Waals surface area contributed by atoms with Crippen molar-refractivity contribution in [2.45, 2.75) is 70.9 Å². The summed E-state index contributed by atoms with van der Waals surface area (Å²) in [6, 6.07) is 7.84. The van der Waals surface area contributed by atoms with Crippen molar-refractivity contribution in [2.24, 2.45) is 5.92 Å². The number of aliphatic carboxylic acids is 1. The second-order valence-corrected chi connectivity index (χ2v) is 11.7. The number of anilines is 1. The lowest BCUT2D eigenvalue weighted by atomic mass is 9.83. The van der Waals surface area contributed by atoms with Gasteiger partial charge in [-0.15, -0.1) is 0 Å². The van der Waals surface area contributed by atoms with E-state index in [1.807, 2.05) is 31.0 Å². The summed E-state index contributed by atoms with van der Waals surface area (Å²) in [6.45, 7) is 9.09. The first-order valence-electron chi connectivity index (χ1n) is 13.1. The minimum absolute atomic E-state index is 0.0687. The van der Waals surface area contributed by atoms with Crippen LogP contribution in [0.1, 0.15) is 85.7 Å². The van der Waals surface area contributed by atoms with Gasteiger partial charge < -0.3 is 19.6 Å². The zero-order valence-electron chi connectivity index (χ0n) is 22.3. The number of likely N-dealkylation sites (N-methyl/N-ethyl adjacent to an activating group) is 1. The molecule has 0 amide bonds. The minimum atomic E-state index is -0.860. The van der Waals surface area contributed by atoms with Crippen LogP contribution >= 0.6 is 0 Å². The van der Waals surface area contributed by atoms with Gasteiger partial charge in [0, 0.05) is 41.9 Å². The van der Waals surface area contributed by atoms with Crippen LogP contribution in [0.15, 0.2) is 24.3 Å². The number of nitrogens with one attached hydrogen (secondary N) is 1. The Labute approximate surface area is 218 Å². The summed E-state index contributed by atoms with van der Waals surface area (Å²) in [5, 5.41) is 18.4. The average molecular weight is 505 g/mol. The van der Waals surface area contributed by atoms with E-state index in [-0.39, 0.29) is 17.7 Å². The summed E-state index contributed by atoms with van der Waals surface area (Å²) >= 11 is 0. The summed E-state index contributed by atoms with van der Waals surface area (Å²) in [5.41, 5.74) is 4.65. The molecule has 3 aliphatic rings. The molecule has 196 valence electrons. The molecule has 2 N–H and O–H groups in total. The number of benzene rings is 1. The summed E-state index contributed by atoms with van der Waals surface area (Å²) in [7, 11) is 1.92. The van der Waals surface area contributed by atoms with E-state index in [1.165, 1.54) is 0 Å². The van der Waals surface area contributed by atoms with Gasteiger partial charge in [-0.2, -0.15) is 0 Å². The Morgan fingerprint density at radius 2 is 1.97 bits per heavy atom. The normalized spacial score (nSPS) is 19.8. The van der Waals surface area contributed by atoms with Crippen molar-refractivity contribution in [2.75, 3.05) is 25.0 Å². The molecule has 8 heteroatoms.